The van der Waals surface area contributed by atoms with Gasteiger partial charge < -0.3 is 43.9 Å². The number of Topliss-reactive ketones (excluding diaryl/α,β-unsaturated/α-hetero) is 3. The number of rotatable bonds is 24. The number of hydrogen-bond donors (Lipinski definition) is 2. The Morgan fingerprint density at radius 1 is 0.505 bits per heavy atom. The SMILES string of the molecule is C=CC(=O)N1CC(CC(=O)Cn2cc(C(=O)N3CCc4cc(Br)ccc4C3)c3cc(Br)ccc32)C1.C=CC(=O)N1CC(CC(=O)Cn2cc(C(=O)NCCN3CCSCC3)c3cc(Br)ccc32)C1.C=CC(=O)N1CC(CC(=O)Cn2cc(C(=O)NCCc3cccnc3)c3cc(Br)ccc32)C1. The van der Waals surface area contributed by atoms with Crippen LogP contribution in [0, 0.1) is 17.8 Å². The van der Waals surface area contributed by atoms with Crippen molar-refractivity contribution in [2.45, 2.75) is 58.3 Å². The van der Waals surface area contributed by atoms with E-state index >= 15 is 0 Å². The number of fused-ring (bicyclic) bond motifs is 4. The second-order valence-electron chi connectivity index (χ2n) is 26.1. The predicted molar refractivity (Wildman–Crippen MR) is 408 cm³/mol. The van der Waals surface area contributed by atoms with Crippen LogP contribution in [0.3, 0.4) is 0 Å². The van der Waals surface area contributed by atoms with Crippen molar-refractivity contribution < 1.29 is 43.2 Å². The van der Waals surface area contributed by atoms with Crippen LogP contribution in [-0.4, -0.2) is 186 Å². The molecule has 101 heavy (non-hydrogen) atoms. The van der Waals surface area contributed by atoms with Gasteiger partial charge in [0, 0.05) is 215 Å². The smallest absolute Gasteiger partial charge is 0.256 e. The van der Waals surface area contributed by atoms with Crippen LogP contribution in [0.5, 0.6) is 0 Å². The largest absolute Gasteiger partial charge is 0.352 e. The molecule has 9 heterocycles. The maximum Gasteiger partial charge on any atom is 0.256 e. The fourth-order valence-electron chi connectivity index (χ4n) is 13.6. The third-order valence-electron chi connectivity index (χ3n) is 18.9. The number of aromatic nitrogens is 4. The van der Waals surface area contributed by atoms with Crippen molar-refractivity contribution in [1.29, 1.82) is 0 Å². The molecule has 5 aliphatic heterocycles. The third-order valence-corrected chi connectivity index (χ3v) is 21.8. The molecule has 4 aromatic heterocycles. The first-order chi connectivity index (χ1) is 48.7. The summed E-state index contributed by atoms with van der Waals surface area (Å²) in [5.74, 6) is 2.51. The van der Waals surface area contributed by atoms with Crippen molar-refractivity contribution in [2.24, 2.45) is 17.8 Å². The summed E-state index contributed by atoms with van der Waals surface area (Å²) in [7, 11) is 0. The number of ketones is 3. The summed E-state index contributed by atoms with van der Waals surface area (Å²) in [5, 5.41) is 8.48. The molecule has 0 unspecified atom stereocenters. The van der Waals surface area contributed by atoms with Crippen LogP contribution in [0.25, 0.3) is 32.7 Å². The molecule has 6 amide bonds. The van der Waals surface area contributed by atoms with E-state index in [1.165, 1.54) is 23.8 Å². The van der Waals surface area contributed by atoms with Crippen molar-refractivity contribution in [1.82, 2.24) is 53.8 Å². The second kappa shape index (κ2) is 34.3. The average molecular weight is 1640 g/mol. The Morgan fingerprint density at radius 3 is 1.38 bits per heavy atom. The highest BCUT2D eigenvalue weighted by atomic mass is 79.9. The van der Waals surface area contributed by atoms with Gasteiger partial charge in [0.2, 0.25) is 17.7 Å². The Labute approximate surface area is 624 Å². The van der Waals surface area contributed by atoms with Gasteiger partial charge >= 0.3 is 0 Å². The van der Waals surface area contributed by atoms with E-state index in [1.54, 1.807) is 39.5 Å². The molecule has 0 spiro atoms. The van der Waals surface area contributed by atoms with Gasteiger partial charge in [-0.25, -0.2) is 0 Å². The minimum atomic E-state index is -0.175. The van der Waals surface area contributed by atoms with E-state index < -0.39 is 0 Å². The maximum absolute atomic E-state index is 13.6. The van der Waals surface area contributed by atoms with Crippen LogP contribution in [0.1, 0.15) is 67.0 Å². The molecule has 5 aliphatic rings. The summed E-state index contributed by atoms with van der Waals surface area (Å²) in [6, 6.07) is 27.4. The van der Waals surface area contributed by atoms with Crippen LogP contribution in [0.15, 0.2) is 172 Å². The summed E-state index contributed by atoms with van der Waals surface area (Å²) in [6.45, 7) is 19.9. The minimum Gasteiger partial charge on any atom is -0.352 e. The van der Waals surface area contributed by atoms with Gasteiger partial charge in [0.05, 0.1) is 36.3 Å². The Morgan fingerprint density at radius 2 is 0.931 bits per heavy atom. The van der Waals surface area contributed by atoms with E-state index in [-0.39, 0.29) is 90.2 Å². The van der Waals surface area contributed by atoms with Gasteiger partial charge in [0.1, 0.15) is 0 Å². The number of carbonyl (C=O) groups excluding carboxylic acids is 9. The van der Waals surface area contributed by atoms with Crippen molar-refractivity contribution in [3.8, 4) is 0 Å². The quantitative estimate of drug-likeness (QED) is 0.0540. The monoisotopic (exact) mass is 1640 g/mol. The zero-order chi connectivity index (χ0) is 71.4. The van der Waals surface area contributed by atoms with E-state index in [2.05, 4.69) is 116 Å². The Balaban J connectivity index is 0.000000153. The van der Waals surface area contributed by atoms with Gasteiger partial charge in [0.25, 0.3) is 17.7 Å². The number of thioether (sulfide) groups is 1. The molecule has 0 atom stereocenters. The number of nitrogens with zero attached hydrogens (tertiary/aromatic N) is 9. The molecule has 0 aliphatic carbocycles. The first kappa shape index (κ1) is 74.1. The lowest BCUT2D eigenvalue weighted by Gasteiger charge is -2.38. The number of amides is 6. The highest BCUT2D eigenvalue weighted by Crippen LogP contribution is 2.33. The summed E-state index contributed by atoms with van der Waals surface area (Å²) in [6.07, 6.45) is 15.5. The van der Waals surface area contributed by atoms with Crippen LogP contribution in [0.4, 0.5) is 0 Å². The number of pyridine rings is 1. The second-order valence-corrected chi connectivity index (χ2v) is 31.0. The molecule has 0 radical (unpaired) electrons. The van der Waals surface area contributed by atoms with Crippen molar-refractivity contribution >= 4 is 161 Å². The fourth-order valence-corrected chi connectivity index (χ4v) is 16.0. The first-order valence-corrected chi connectivity index (χ1v) is 38.0. The number of hydrogen-bond acceptors (Lipinski definition) is 12. The van der Waals surface area contributed by atoms with Gasteiger partial charge in [-0.2, -0.15) is 11.8 Å². The van der Waals surface area contributed by atoms with E-state index in [4.69, 9.17) is 0 Å². The molecule has 8 aromatic rings. The molecule has 4 fully saturated rings. The third kappa shape index (κ3) is 18.8. The molecular formula is C76H79Br4N11O9S. The molecule has 25 heteroatoms. The van der Waals surface area contributed by atoms with Crippen molar-refractivity contribution in [2.75, 3.05) is 90.0 Å². The fraction of sp³-hybridized carbons (Fsp3) is 0.342. The average Bonchev–Trinajstić information content (AvgIpc) is 1.66. The Hall–Kier alpha value is -8.07. The Bertz CT molecular complexity index is 4510. The lowest BCUT2D eigenvalue weighted by atomic mass is 9.94. The number of benzene rings is 4. The number of halogens is 4. The van der Waals surface area contributed by atoms with E-state index in [9.17, 15) is 43.2 Å². The highest BCUT2D eigenvalue weighted by molar-refractivity contribution is 9.11. The highest BCUT2D eigenvalue weighted by Gasteiger charge is 2.34. The normalized spacial score (nSPS) is 15.4. The van der Waals surface area contributed by atoms with Gasteiger partial charge in [-0.3, -0.25) is 53.0 Å². The van der Waals surface area contributed by atoms with Crippen molar-refractivity contribution in [3.05, 3.63) is 205 Å². The van der Waals surface area contributed by atoms with Gasteiger partial charge in [-0.1, -0.05) is 95.6 Å². The summed E-state index contributed by atoms with van der Waals surface area (Å²) in [5.41, 5.74) is 7.78. The van der Waals surface area contributed by atoms with E-state index in [1.807, 2.05) is 109 Å². The minimum absolute atomic E-state index is 0.0227. The van der Waals surface area contributed by atoms with Gasteiger partial charge in [-0.15, -0.1) is 0 Å². The van der Waals surface area contributed by atoms with E-state index in [0.29, 0.717) is 108 Å². The zero-order valence-corrected chi connectivity index (χ0v) is 63.1. The molecular weight excluding hydrogens is 1560 g/mol. The van der Waals surface area contributed by atoms with Crippen LogP contribution < -0.4 is 10.6 Å². The lowest BCUT2D eigenvalue weighted by molar-refractivity contribution is -0.134. The number of carbonyl (C=O) groups is 9. The molecule has 13 rings (SSSR count). The summed E-state index contributed by atoms with van der Waals surface area (Å²) >= 11 is 16.0. The summed E-state index contributed by atoms with van der Waals surface area (Å²) in [4.78, 5) is 126. The lowest BCUT2D eigenvalue weighted by Crippen LogP contribution is -2.50. The number of likely N-dealkylation sites (tertiary alicyclic amines) is 3. The molecule has 20 nitrogen and oxygen atoms in total. The molecule has 0 bridgehead atoms. The molecule has 526 valence electrons. The Kier molecular flexibility index (Phi) is 25.2. The van der Waals surface area contributed by atoms with Crippen LogP contribution in [0.2, 0.25) is 0 Å². The maximum atomic E-state index is 13.6. The predicted octanol–water partition coefficient (Wildman–Crippen LogP) is 11.1. The van der Waals surface area contributed by atoms with Crippen molar-refractivity contribution in [3.63, 3.8) is 0 Å². The molecule has 4 aromatic carbocycles. The standard InChI is InChI=1S/C27H25Br2N3O3.C25H25BrN4O3.C24H29BrN4O3S/c1-2-26(34)32-12-17(13-32)9-22(33)15-31-16-24(23-11-21(29)5-6-25(23)31)27(35)30-8-7-18-10-20(28)4-3-19(18)14-30;1-2-24(32)30-13-18(14-30)10-20(31)15-29-16-22(21-11-19(26)5-6-23(21)29)25(33)28-9-7-17-4-3-8-27-12-17;1-2-23(31)29-13-17(14-29)11-19(30)15-28-16-21(20-12-18(25)3-4-22(20)28)24(32)26-5-6-27-7-9-33-10-8-27/h2-6,10-11,16-17H,1,7-9,12-15H2;2-6,8,11-12,16,18H,1,7,9-10,13-15H2,(H,28,33);2-4,12,16-17H,1,5-11,13-15H2,(H,26,32). The van der Waals surface area contributed by atoms with Crippen LogP contribution in [-0.2, 0) is 67.8 Å². The van der Waals surface area contributed by atoms with Gasteiger partial charge in [-0.05, 0) is 121 Å². The van der Waals surface area contributed by atoms with Gasteiger partial charge in [0.15, 0.2) is 17.3 Å². The molecule has 0 saturated carbocycles. The topological polar surface area (TPSA) is 222 Å². The van der Waals surface area contributed by atoms with E-state index in [0.717, 1.165) is 99.3 Å². The number of nitrogens with one attached hydrogen (secondary N) is 2. The first-order valence-electron chi connectivity index (χ1n) is 33.7. The molecule has 2 N–H and O–H groups in total. The zero-order valence-electron chi connectivity index (χ0n) is 55.9. The molecule has 4 saturated heterocycles. The van der Waals surface area contributed by atoms with Crippen LogP contribution >= 0.6 is 75.5 Å². The summed E-state index contributed by atoms with van der Waals surface area (Å²) < 4.78 is 9.29.